The minimum atomic E-state index is 0.432. The number of allylic oxidation sites excluding steroid dienone is 4. The average Bonchev–Trinajstić information content (AvgIpc) is 3.27. The van der Waals surface area contributed by atoms with E-state index < -0.39 is 0 Å². The third kappa shape index (κ3) is 12.2. The second kappa shape index (κ2) is 14.9. The van der Waals surface area contributed by atoms with Crippen molar-refractivity contribution in [3.63, 3.8) is 0 Å². The van der Waals surface area contributed by atoms with Crippen molar-refractivity contribution in [2.75, 3.05) is 0 Å². The molecule has 1 heteroatoms. The van der Waals surface area contributed by atoms with Crippen molar-refractivity contribution in [2.24, 2.45) is 11.3 Å². The second-order valence-electron chi connectivity index (χ2n) is 8.87. The summed E-state index contributed by atoms with van der Waals surface area (Å²) in [5, 5.41) is 0. The lowest BCUT2D eigenvalue weighted by atomic mass is 9.77. The highest BCUT2D eigenvalue weighted by atomic mass is 14.7. The first kappa shape index (κ1) is 27.0. The number of nitrogens with one attached hydrogen (secondary N) is 1. The summed E-state index contributed by atoms with van der Waals surface area (Å²) in [7, 11) is 0. The van der Waals surface area contributed by atoms with E-state index in [4.69, 9.17) is 0 Å². The van der Waals surface area contributed by atoms with E-state index in [2.05, 4.69) is 108 Å². The Morgan fingerprint density at radius 3 is 1.72 bits per heavy atom. The number of rotatable bonds is 2. The van der Waals surface area contributed by atoms with Crippen molar-refractivity contribution in [3.05, 3.63) is 84.2 Å². The summed E-state index contributed by atoms with van der Waals surface area (Å²) in [5.74, 6) is 2.02. The van der Waals surface area contributed by atoms with Gasteiger partial charge in [-0.25, -0.2) is 0 Å². The van der Waals surface area contributed by atoms with Gasteiger partial charge in [0.05, 0.1) is 0 Å². The highest BCUT2D eigenvalue weighted by Gasteiger charge is 2.21. The molecule has 1 unspecified atom stereocenters. The number of hydrogen-bond acceptors (Lipinski definition) is 0. The molecule has 0 saturated carbocycles. The molecule has 1 heterocycles. The molecule has 0 spiro atoms. The lowest BCUT2D eigenvalue weighted by Crippen LogP contribution is -2.18. The van der Waals surface area contributed by atoms with Gasteiger partial charge < -0.3 is 4.98 Å². The first-order valence-corrected chi connectivity index (χ1v) is 11.2. The summed E-state index contributed by atoms with van der Waals surface area (Å²) in [6.45, 7) is 19.6. The Morgan fingerprint density at radius 2 is 1.45 bits per heavy atom. The van der Waals surface area contributed by atoms with Crippen LogP contribution in [0.2, 0.25) is 0 Å². The number of benzene rings is 1. The molecule has 2 aromatic rings. The summed E-state index contributed by atoms with van der Waals surface area (Å²) in [5.41, 5.74) is 3.16. The van der Waals surface area contributed by atoms with Crippen LogP contribution in [0.15, 0.2) is 73.0 Å². The molecule has 29 heavy (non-hydrogen) atoms. The summed E-state index contributed by atoms with van der Waals surface area (Å²) in [6, 6.07) is 14.6. The molecular weight excluding hydrogens is 350 g/mol. The molecule has 1 aromatic heterocycles. The number of aromatic amines is 1. The van der Waals surface area contributed by atoms with Gasteiger partial charge in [0.25, 0.3) is 0 Å². The van der Waals surface area contributed by atoms with Crippen molar-refractivity contribution in [2.45, 2.75) is 80.6 Å². The molecule has 1 N–H and O–H groups in total. The molecule has 0 saturated heterocycles. The van der Waals surface area contributed by atoms with Crippen molar-refractivity contribution in [1.82, 2.24) is 4.98 Å². The van der Waals surface area contributed by atoms with Crippen LogP contribution >= 0.6 is 0 Å². The van der Waals surface area contributed by atoms with Crippen LogP contribution in [0.5, 0.6) is 0 Å². The summed E-state index contributed by atoms with van der Waals surface area (Å²) in [6.07, 6.45) is 12.0. The van der Waals surface area contributed by atoms with Gasteiger partial charge >= 0.3 is 0 Å². The zero-order chi connectivity index (χ0) is 22.3. The van der Waals surface area contributed by atoms with Gasteiger partial charge in [-0.3, -0.25) is 0 Å². The van der Waals surface area contributed by atoms with Gasteiger partial charge in [-0.2, -0.15) is 0 Å². The minimum Gasteiger partial charge on any atom is -0.365 e. The molecule has 3 rings (SSSR count). The Kier molecular flexibility index (Phi) is 13.9. The quantitative estimate of drug-likeness (QED) is 0.521. The smallest absolute Gasteiger partial charge is 0.0173 e. The molecule has 0 amide bonds. The van der Waals surface area contributed by atoms with Gasteiger partial charge in [0.2, 0.25) is 0 Å². The van der Waals surface area contributed by atoms with Crippen LogP contribution in [0.3, 0.4) is 0 Å². The molecule has 0 aliphatic heterocycles. The molecular formula is C28H45N. The van der Waals surface area contributed by atoms with Crippen LogP contribution in [0.1, 0.15) is 91.8 Å². The van der Waals surface area contributed by atoms with Gasteiger partial charge in [0.15, 0.2) is 0 Å². The predicted octanol–water partition coefficient (Wildman–Crippen LogP) is 9.14. The fraction of sp³-hybridized carbons (Fsp3) is 0.500. The zero-order valence-corrected chi connectivity index (χ0v) is 20.4. The van der Waals surface area contributed by atoms with E-state index in [1.165, 1.54) is 17.7 Å². The largest absolute Gasteiger partial charge is 0.365 e. The van der Waals surface area contributed by atoms with E-state index >= 15 is 0 Å². The molecule has 1 aliphatic carbocycles. The number of H-pyrrole nitrogens is 1. The molecule has 0 bridgehead atoms. The lowest BCUT2D eigenvalue weighted by molar-refractivity contribution is 0.293. The number of aromatic nitrogens is 1. The van der Waals surface area contributed by atoms with Crippen LogP contribution in [-0.4, -0.2) is 4.98 Å². The Bertz CT molecular complexity index is 652. The van der Waals surface area contributed by atoms with E-state index in [1.54, 1.807) is 0 Å². The van der Waals surface area contributed by atoms with Gasteiger partial charge in [-0.15, -0.1) is 0 Å². The molecule has 162 valence electrons. The summed E-state index contributed by atoms with van der Waals surface area (Å²) >= 11 is 0. The molecule has 1 aromatic carbocycles. The maximum Gasteiger partial charge on any atom is 0.0173 e. The Morgan fingerprint density at radius 1 is 0.828 bits per heavy atom. The van der Waals surface area contributed by atoms with Gasteiger partial charge in [0, 0.05) is 11.9 Å². The molecule has 1 aliphatic rings. The summed E-state index contributed by atoms with van der Waals surface area (Å²) < 4.78 is 0. The Labute approximate surface area is 181 Å². The van der Waals surface area contributed by atoms with E-state index in [9.17, 15) is 0 Å². The van der Waals surface area contributed by atoms with Gasteiger partial charge in [0.1, 0.15) is 0 Å². The molecule has 0 fully saturated rings. The predicted molar refractivity (Wildman–Crippen MR) is 133 cm³/mol. The van der Waals surface area contributed by atoms with Crippen LogP contribution in [-0.2, 0) is 0 Å². The van der Waals surface area contributed by atoms with Crippen molar-refractivity contribution in [1.29, 1.82) is 0 Å². The van der Waals surface area contributed by atoms with Gasteiger partial charge in [-0.1, -0.05) is 117 Å². The molecule has 0 radical (unpaired) electrons. The average molecular weight is 396 g/mol. The number of hydrogen-bond donors (Lipinski definition) is 1. The van der Waals surface area contributed by atoms with Crippen LogP contribution in [0.4, 0.5) is 0 Å². The standard InChI is InChI=1S/C10H16.C9H12.C7H11N.C2H6/c1-10(2,3)9-7-5-4-6-8-9;1-8(2)9-6-4-3-5-7-9;1-6(2)7-4-3-5-8-7;1-2/h4-7,9H,8H2,1-3H3;3-8H,1-2H3;3-6,8H,1-2H3;1-2H3. The van der Waals surface area contributed by atoms with E-state index in [1.807, 2.05) is 32.2 Å². The minimum absolute atomic E-state index is 0.432. The monoisotopic (exact) mass is 395 g/mol. The topological polar surface area (TPSA) is 15.8 Å². The van der Waals surface area contributed by atoms with E-state index in [-0.39, 0.29) is 0 Å². The zero-order valence-electron chi connectivity index (χ0n) is 20.4. The summed E-state index contributed by atoms with van der Waals surface area (Å²) in [4.78, 5) is 3.14. The third-order valence-electron chi connectivity index (χ3n) is 4.80. The van der Waals surface area contributed by atoms with Crippen LogP contribution in [0, 0.1) is 11.3 Å². The highest BCUT2D eigenvalue weighted by Crippen LogP contribution is 2.31. The van der Waals surface area contributed by atoms with Crippen molar-refractivity contribution < 1.29 is 0 Å². The van der Waals surface area contributed by atoms with E-state index in [0.29, 0.717) is 17.3 Å². The SMILES string of the molecule is CC.CC(C)(C)C1C=CC=CC1.CC(C)c1ccc[nH]1.CC(C)c1ccccc1. The Hall–Kier alpha value is -2.02. The van der Waals surface area contributed by atoms with Crippen LogP contribution in [0.25, 0.3) is 0 Å². The molecule has 1 atom stereocenters. The fourth-order valence-electron chi connectivity index (χ4n) is 2.76. The lowest BCUT2D eigenvalue weighted by Gasteiger charge is -2.28. The maximum atomic E-state index is 3.14. The normalized spacial score (nSPS) is 14.9. The first-order valence-electron chi connectivity index (χ1n) is 11.2. The highest BCUT2D eigenvalue weighted by molar-refractivity contribution is 5.17. The third-order valence-corrected chi connectivity index (χ3v) is 4.80. The van der Waals surface area contributed by atoms with E-state index in [0.717, 1.165) is 5.92 Å². The Balaban J connectivity index is 0.000000390. The first-order chi connectivity index (χ1) is 13.7. The molecule has 1 nitrogen and oxygen atoms in total. The second-order valence-corrected chi connectivity index (χ2v) is 8.87. The van der Waals surface area contributed by atoms with Gasteiger partial charge in [-0.05, 0) is 47.3 Å². The van der Waals surface area contributed by atoms with Crippen molar-refractivity contribution >= 4 is 0 Å². The fourth-order valence-corrected chi connectivity index (χ4v) is 2.76. The maximum absolute atomic E-state index is 3.14. The van der Waals surface area contributed by atoms with Crippen LogP contribution < -0.4 is 0 Å². The van der Waals surface area contributed by atoms with Crippen molar-refractivity contribution in [3.8, 4) is 0 Å².